The maximum absolute atomic E-state index is 10.2. The van der Waals surface area contributed by atoms with Crippen molar-refractivity contribution in [2.75, 3.05) is 0 Å². The predicted molar refractivity (Wildman–Crippen MR) is 34.8 cm³/mol. The Labute approximate surface area is 63.3 Å². The van der Waals surface area contributed by atoms with Gasteiger partial charge in [0.2, 0.25) is 0 Å². The molecule has 0 amide bonds. The van der Waals surface area contributed by atoms with E-state index in [9.17, 15) is 9.59 Å². The summed E-state index contributed by atoms with van der Waals surface area (Å²) in [5, 5.41) is 25.3. The van der Waals surface area contributed by atoms with E-state index in [4.69, 9.17) is 15.3 Å². The summed E-state index contributed by atoms with van der Waals surface area (Å²) in [6.07, 6.45) is -1.87. The third-order valence-corrected chi connectivity index (χ3v) is 1.22. The van der Waals surface area contributed by atoms with Crippen LogP contribution in [0.5, 0.6) is 0 Å². The smallest absolute Gasteiger partial charge is 0.333 e. The molecule has 0 fully saturated rings. The van der Waals surface area contributed by atoms with E-state index in [0.29, 0.717) is 0 Å². The standard InChI is InChI=1S/C6H9O5/c1-2-3(5(8)9)4(7)6(10)11/h4,7H,2H2,1H3,(H,8,9)(H,10,11). The Bertz CT molecular complexity index is 164. The minimum atomic E-state index is -1.89. The minimum Gasteiger partial charge on any atom is -0.481 e. The average Bonchev–Trinajstić information content (AvgIpc) is 1.88. The largest absolute Gasteiger partial charge is 0.481 e. The molecule has 0 spiro atoms. The third kappa shape index (κ3) is 2.55. The van der Waals surface area contributed by atoms with Crippen molar-refractivity contribution in [1.29, 1.82) is 0 Å². The molecule has 0 aromatic heterocycles. The van der Waals surface area contributed by atoms with Crippen LogP contribution in [0.15, 0.2) is 0 Å². The normalized spacial score (nSPS) is 13.0. The lowest BCUT2D eigenvalue weighted by Crippen LogP contribution is -2.32. The molecule has 5 nitrogen and oxygen atoms in total. The summed E-state index contributed by atoms with van der Waals surface area (Å²) in [7, 11) is 0. The number of hydrogen-bond donors (Lipinski definition) is 3. The predicted octanol–water partition coefficient (Wildman–Crippen LogP) is -0.499. The number of carboxylic acids is 2. The van der Waals surface area contributed by atoms with Gasteiger partial charge in [0.05, 0.1) is 0 Å². The molecule has 1 radical (unpaired) electrons. The molecule has 63 valence electrons. The second-order valence-electron chi connectivity index (χ2n) is 1.92. The van der Waals surface area contributed by atoms with E-state index in [0.717, 1.165) is 0 Å². The highest BCUT2D eigenvalue weighted by atomic mass is 16.4. The van der Waals surface area contributed by atoms with Gasteiger partial charge in [-0.05, 0) is 6.42 Å². The topological polar surface area (TPSA) is 94.8 Å². The molecule has 0 saturated carbocycles. The van der Waals surface area contributed by atoms with Gasteiger partial charge in [0, 0.05) is 0 Å². The first-order valence-electron chi connectivity index (χ1n) is 3.00. The Morgan fingerprint density at radius 1 is 1.36 bits per heavy atom. The molecule has 11 heavy (non-hydrogen) atoms. The zero-order valence-corrected chi connectivity index (χ0v) is 5.94. The highest BCUT2D eigenvalue weighted by Crippen LogP contribution is 2.11. The summed E-state index contributed by atoms with van der Waals surface area (Å²) in [5.41, 5.74) is 0. The molecule has 0 rings (SSSR count). The monoisotopic (exact) mass is 161 g/mol. The first kappa shape index (κ1) is 9.90. The van der Waals surface area contributed by atoms with Gasteiger partial charge in [-0.25, -0.2) is 4.79 Å². The second kappa shape index (κ2) is 3.92. The van der Waals surface area contributed by atoms with E-state index < -0.39 is 24.0 Å². The van der Waals surface area contributed by atoms with E-state index in [1.54, 1.807) is 0 Å². The fourth-order valence-electron chi connectivity index (χ4n) is 0.611. The van der Waals surface area contributed by atoms with Crippen LogP contribution in [-0.2, 0) is 9.59 Å². The molecule has 0 aliphatic carbocycles. The van der Waals surface area contributed by atoms with E-state index in [1.807, 2.05) is 0 Å². The van der Waals surface area contributed by atoms with Gasteiger partial charge in [0.25, 0.3) is 0 Å². The Morgan fingerprint density at radius 2 is 1.82 bits per heavy atom. The second-order valence-corrected chi connectivity index (χ2v) is 1.92. The van der Waals surface area contributed by atoms with Crippen molar-refractivity contribution in [2.24, 2.45) is 0 Å². The van der Waals surface area contributed by atoms with Crippen LogP contribution in [0.4, 0.5) is 0 Å². The molecular formula is C6H9O5. The average molecular weight is 161 g/mol. The van der Waals surface area contributed by atoms with E-state index >= 15 is 0 Å². The van der Waals surface area contributed by atoms with Gasteiger partial charge in [-0.2, -0.15) is 0 Å². The van der Waals surface area contributed by atoms with Gasteiger partial charge >= 0.3 is 11.9 Å². The summed E-state index contributed by atoms with van der Waals surface area (Å²) in [6.45, 7) is 1.47. The lowest BCUT2D eigenvalue weighted by molar-refractivity contribution is -0.150. The first-order chi connectivity index (χ1) is 5.00. The van der Waals surface area contributed by atoms with Crippen LogP contribution in [-0.4, -0.2) is 33.4 Å². The Morgan fingerprint density at radius 3 is 1.91 bits per heavy atom. The van der Waals surface area contributed by atoms with Crippen molar-refractivity contribution in [3.05, 3.63) is 5.92 Å². The molecule has 5 heteroatoms. The van der Waals surface area contributed by atoms with Gasteiger partial charge in [0.1, 0.15) is 5.92 Å². The van der Waals surface area contributed by atoms with Gasteiger partial charge in [-0.1, -0.05) is 6.92 Å². The number of carbonyl (C=O) groups is 2. The van der Waals surface area contributed by atoms with Crippen molar-refractivity contribution in [3.8, 4) is 0 Å². The van der Waals surface area contributed by atoms with Crippen molar-refractivity contribution in [1.82, 2.24) is 0 Å². The van der Waals surface area contributed by atoms with E-state index in [-0.39, 0.29) is 6.42 Å². The first-order valence-corrected chi connectivity index (χ1v) is 3.00. The molecular weight excluding hydrogens is 152 g/mol. The Balaban J connectivity index is 4.25. The molecule has 0 saturated heterocycles. The van der Waals surface area contributed by atoms with Crippen LogP contribution in [0.2, 0.25) is 0 Å². The van der Waals surface area contributed by atoms with Crippen LogP contribution in [0.1, 0.15) is 13.3 Å². The molecule has 0 aliphatic rings. The Kier molecular flexibility index (Phi) is 3.53. The fraction of sp³-hybridized carbons (Fsp3) is 0.500. The molecule has 0 aliphatic heterocycles. The molecule has 3 N–H and O–H groups in total. The number of aliphatic hydroxyl groups excluding tert-OH is 1. The summed E-state index contributed by atoms with van der Waals surface area (Å²) in [6, 6.07) is 0. The summed E-state index contributed by atoms with van der Waals surface area (Å²) >= 11 is 0. The van der Waals surface area contributed by atoms with Crippen LogP contribution in [0.25, 0.3) is 0 Å². The molecule has 0 aromatic rings. The number of rotatable bonds is 4. The van der Waals surface area contributed by atoms with Gasteiger partial charge in [0.15, 0.2) is 6.10 Å². The van der Waals surface area contributed by atoms with Crippen LogP contribution in [0, 0.1) is 5.92 Å². The summed E-state index contributed by atoms with van der Waals surface area (Å²) in [5.74, 6) is -3.32. The van der Waals surface area contributed by atoms with E-state index in [1.165, 1.54) is 6.92 Å². The van der Waals surface area contributed by atoms with Crippen LogP contribution >= 0.6 is 0 Å². The quantitative estimate of drug-likeness (QED) is 0.516. The van der Waals surface area contributed by atoms with Crippen molar-refractivity contribution >= 4 is 11.9 Å². The Hall–Kier alpha value is -1.10. The zero-order chi connectivity index (χ0) is 9.02. The number of hydrogen-bond acceptors (Lipinski definition) is 3. The molecule has 1 unspecified atom stereocenters. The van der Waals surface area contributed by atoms with Gasteiger partial charge in [-0.15, -0.1) is 0 Å². The minimum absolute atomic E-state index is 0.0167. The maximum atomic E-state index is 10.2. The number of aliphatic hydroxyl groups is 1. The van der Waals surface area contributed by atoms with Crippen molar-refractivity contribution < 1.29 is 24.9 Å². The van der Waals surface area contributed by atoms with Crippen molar-refractivity contribution in [2.45, 2.75) is 19.4 Å². The molecule has 0 bridgehead atoms. The lowest BCUT2D eigenvalue weighted by Gasteiger charge is -2.11. The molecule has 0 aromatic carbocycles. The summed E-state index contributed by atoms with van der Waals surface area (Å²) < 4.78 is 0. The highest BCUT2D eigenvalue weighted by Gasteiger charge is 2.30. The molecule has 0 heterocycles. The summed E-state index contributed by atoms with van der Waals surface area (Å²) in [4.78, 5) is 20.3. The lowest BCUT2D eigenvalue weighted by atomic mass is 10.0. The highest BCUT2D eigenvalue weighted by molar-refractivity contribution is 5.91. The SMILES string of the molecule is CC[C](C(=O)O)C(O)C(=O)O. The van der Waals surface area contributed by atoms with Gasteiger partial charge < -0.3 is 15.3 Å². The fourth-order valence-corrected chi connectivity index (χ4v) is 0.611. The van der Waals surface area contributed by atoms with Crippen LogP contribution in [0.3, 0.4) is 0 Å². The van der Waals surface area contributed by atoms with Crippen LogP contribution < -0.4 is 0 Å². The van der Waals surface area contributed by atoms with E-state index in [2.05, 4.69) is 0 Å². The number of carboxylic acid groups (broad SMARTS) is 2. The number of aliphatic carboxylic acids is 2. The molecule has 1 atom stereocenters. The van der Waals surface area contributed by atoms with Crippen molar-refractivity contribution in [3.63, 3.8) is 0 Å². The van der Waals surface area contributed by atoms with Gasteiger partial charge in [-0.3, -0.25) is 4.79 Å². The maximum Gasteiger partial charge on any atom is 0.333 e. The third-order valence-electron chi connectivity index (χ3n) is 1.22. The zero-order valence-electron chi connectivity index (χ0n) is 5.94.